The van der Waals surface area contributed by atoms with Crippen LogP contribution in [0.3, 0.4) is 0 Å². The number of fused-ring (bicyclic) bond motifs is 3. The SMILES string of the molecule is COc1ccc(-c2ncc(-c3cnn4c(N)c(S(C)(=O)=O)c(C5CC6CCC[C@H](C5)N6C(=O)c5ncn[nH]5)nc34)cn2)c(F)c1F. The van der Waals surface area contributed by atoms with Gasteiger partial charge < -0.3 is 15.4 Å². The van der Waals surface area contributed by atoms with Crippen molar-refractivity contribution in [3.63, 3.8) is 0 Å². The number of aromatic nitrogens is 8. The first-order chi connectivity index (χ1) is 22.1. The minimum atomic E-state index is -3.85. The van der Waals surface area contributed by atoms with Gasteiger partial charge in [0.15, 0.2) is 32.9 Å². The van der Waals surface area contributed by atoms with E-state index < -0.39 is 21.5 Å². The van der Waals surface area contributed by atoms with E-state index in [2.05, 4.69) is 30.2 Å². The molecule has 2 unspecified atom stereocenters. The Kier molecular flexibility index (Phi) is 7.14. The summed E-state index contributed by atoms with van der Waals surface area (Å²) in [7, 11) is -2.61. The summed E-state index contributed by atoms with van der Waals surface area (Å²) in [6, 6.07) is 2.29. The maximum Gasteiger partial charge on any atom is 0.291 e. The van der Waals surface area contributed by atoms with Gasteiger partial charge in [-0.1, -0.05) is 0 Å². The number of carbonyl (C=O) groups excluding carboxylic acids is 1. The number of benzene rings is 1. The van der Waals surface area contributed by atoms with Crippen LogP contribution < -0.4 is 10.5 Å². The first-order valence-corrected chi connectivity index (χ1v) is 16.4. The van der Waals surface area contributed by atoms with Gasteiger partial charge in [0.05, 0.1) is 24.6 Å². The van der Waals surface area contributed by atoms with Gasteiger partial charge in [0, 0.05) is 47.8 Å². The monoisotopic (exact) mass is 650 g/mol. The van der Waals surface area contributed by atoms with Gasteiger partial charge in [-0.2, -0.15) is 19.1 Å². The fraction of sp³-hybridized carbons (Fsp3) is 0.345. The zero-order chi connectivity index (χ0) is 32.3. The number of nitrogen functional groups attached to an aromatic ring is 1. The van der Waals surface area contributed by atoms with E-state index in [0.717, 1.165) is 25.5 Å². The summed E-state index contributed by atoms with van der Waals surface area (Å²) in [5.74, 6) is -3.08. The topological polar surface area (TPSA) is 187 Å². The molecule has 0 aliphatic carbocycles. The predicted octanol–water partition coefficient (Wildman–Crippen LogP) is 3.18. The number of piperidine rings is 2. The largest absolute Gasteiger partial charge is 0.494 e. The van der Waals surface area contributed by atoms with Crippen molar-refractivity contribution in [1.82, 2.24) is 44.6 Å². The van der Waals surface area contributed by atoms with Gasteiger partial charge in [0.1, 0.15) is 17.0 Å². The van der Waals surface area contributed by atoms with Gasteiger partial charge in [-0.25, -0.2) is 32.7 Å². The molecule has 3 N–H and O–H groups in total. The van der Waals surface area contributed by atoms with Gasteiger partial charge in [0.2, 0.25) is 11.6 Å². The number of halogens is 2. The number of aromatic amines is 1. The standard InChI is InChI=1S/C29H28F2N10O4S/c1-45-20-7-6-18(21(30)22(20)31)26-33-10-15(11-34-26)19-12-37-41-25(32)24(46(2,43)44)23(38-28(19)41)14-8-16-4-3-5-17(9-14)40(16)29(42)27-35-13-36-39-27/h6-7,10-14,16-17H,3-5,8-9,32H2,1-2H3,(H,35,36,39)/t14?,16-,17?/m1/s1. The van der Waals surface area contributed by atoms with Crippen LogP contribution in [0.1, 0.15) is 54.3 Å². The highest BCUT2D eigenvalue weighted by atomic mass is 32.2. The van der Waals surface area contributed by atoms with Crippen molar-refractivity contribution in [2.75, 3.05) is 19.1 Å². The maximum absolute atomic E-state index is 14.7. The summed E-state index contributed by atoms with van der Waals surface area (Å²) in [6.45, 7) is 0. The van der Waals surface area contributed by atoms with E-state index in [1.54, 1.807) is 0 Å². The zero-order valence-electron chi connectivity index (χ0n) is 24.7. The molecule has 2 fully saturated rings. The summed E-state index contributed by atoms with van der Waals surface area (Å²) in [5.41, 5.74) is 7.84. The van der Waals surface area contributed by atoms with E-state index in [9.17, 15) is 22.0 Å². The van der Waals surface area contributed by atoms with Crippen LogP contribution in [-0.2, 0) is 9.84 Å². The molecule has 6 heterocycles. The highest BCUT2D eigenvalue weighted by Crippen LogP contribution is 2.44. The lowest BCUT2D eigenvalue weighted by molar-refractivity contribution is 0.0218. The smallest absolute Gasteiger partial charge is 0.291 e. The van der Waals surface area contributed by atoms with E-state index >= 15 is 0 Å². The first-order valence-electron chi connectivity index (χ1n) is 14.5. The number of sulfone groups is 1. The Bertz CT molecular complexity index is 2070. The Labute approximate surface area is 261 Å². The molecule has 4 aromatic heterocycles. The highest BCUT2D eigenvalue weighted by Gasteiger charge is 2.44. The van der Waals surface area contributed by atoms with Crippen molar-refractivity contribution in [3.05, 3.63) is 60.2 Å². The van der Waals surface area contributed by atoms with Crippen LogP contribution in [0.25, 0.3) is 28.2 Å². The number of carbonyl (C=O) groups is 1. The van der Waals surface area contributed by atoms with Crippen LogP contribution in [0.5, 0.6) is 5.75 Å². The molecule has 238 valence electrons. The van der Waals surface area contributed by atoms with Gasteiger partial charge >= 0.3 is 0 Å². The third kappa shape index (κ3) is 4.81. The van der Waals surface area contributed by atoms with Gasteiger partial charge in [-0.15, -0.1) is 0 Å². The van der Waals surface area contributed by atoms with Crippen molar-refractivity contribution in [1.29, 1.82) is 0 Å². The van der Waals surface area contributed by atoms with E-state index in [-0.39, 0.29) is 63.2 Å². The Morgan fingerprint density at radius 1 is 1.04 bits per heavy atom. The quantitative estimate of drug-likeness (QED) is 0.275. The second-order valence-corrected chi connectivity index (χ2v) is 13.4. The molecule has 46 heavy (non-hydrogen) atoms. The molecule has 14 nitrogen and oxygen atoms in total. The van der Waals surface area contributed by atoms with Crippen LogP contribution in [0.4, 0.5) is 14.6 Å². The van der Waals surface area contributed by atoms with Crippen molar-refractivity contribution in [2.24, 2.45) is 0 Å². The summed E-state index contributed by atoms with van der Waals surface area (Å²) in [4.78, 5) is 32.4. The molecule has 1 amide bonds. The molecule has 2 bridgehead atoms. The minimum absolute atomic E-state index is 0.0509. The van der Waals surface area contributed by atoms with Crippen LogP contribution in [0.2, 0.25) is 0 Å². The van der Waals surface area contributed by atoms with Crippen molar-refractivity contribution >= 4 is 27.2 Å². The Morgan fingerprint density at radius 2 is 1.76 bits per heavy atom. The van der Waals surface area contributed by atoms with E-state index in [4.69, 9.17) is 15.5 Å². The van der Waals surface area contributed by atoms with Crippen LogP contribution >= 0.6 is 0 Å². The van der Waals surface area contributed by atoms with Gasteiger partial charge in [-0.3, -0.25) is 9.89 Å². The molecule has 0 spiro atoms. The fourth-order valence-electron chi connectivity index (χ4n) is 6.71. The molecule has 2 aliphatic heterocycles. The normalized spacial score (nSPS) is 19.8. The van der Waals surface area contributed by atoms with E-state index in [0.29, 0.717) is 29.7 Å². The van der Waals surface area contributed by atoms with Crippen molar-refractivity contribution < 1.29 is 26.7 Å². The van der Waals surface area contributed by atoms with Crippen molar-refractivity contribution in [2.45, 2.75) is 55.0 Å². The maximum atomic E-state index is 14.7. The lowest BCUT2D eigenvalue weighted by Gasteiger charge is -2.48. The number of rotatable bonds is 6. The van der Waals surface area contributed by atoms with E-state index in [1.807, 2.05) is 4.90 Å². The number of ether oxygens (including phenoxy) is 1. The number of hydrogen-bond donors (Lipinski definition) is 2. The second kappa shape index (κ2) is 11.1. The van der Waals surface area contributed by atoms with Crippen LogP contribution in [0, 0.1) is 11.6 Å². The molecule has 0 radical (unpaired) electrons. The molecule has 5 aromatic rings. The first kappa shape index (κ1) is 29.6. The summed E-state index contributed by atoms with van der Waals surface area (Å²) < 4.78 is 61.4. The zero-order valence-corrected chi connectivity index (χ0v) is 25.5. The number of amides is 1. The summed E-state index contributed by atoms with van der Waals surface area (Å²) in [6.07, 6.45) is 10.1. The average molecular weight is 651 g/mol. The molecule has 17 heteroatoms. The molecular weight excluding hydrogens is 622 g/mol. The molecule has 0 saturated carbocycles. The highest BCUT2D eigenvalue weighted by molar-refractivity contribution is 7.91. The summed E-state index contributed by atoms with van der Waals surface area (Å²) in [5, 5.41) is 10.8. The molecule has 2 aliphatic rings. The number of anilines is 1. The number of nitrogens with zero attached hydrogens (tertiary/aromatic N) is 8. The van der Waals surface area contributed by atoms with Crippen LogP contribution in [0.15, 0.2) is 41.9 Å². The van der Waals surface area contributed by atoms with Gasteiger partial charge in [0.25, 0.3) is 5.91 Å². The Morgan fingerprint density at radius 3 is 2.39 bits per heavy atom. The third-order valence-corrected chi connectivity index (χ3v) is 9.88. The number of nitrogens with one attached hydrogen (secondary N) is 1. The Balaban J connectivity index is 1.28. The molecule has 7 rings (SSSR count). The van der Waals surface area contributed by atoms with E-state index in [1.165, 1.54) is 48.7 Å². The number of hydrogen-bond acceptors (Lipinski definition) is 11. The lowest BCUT2D eigenvalue weighted by atomic mass is 9.77. The molecule has 1 aromatic carbocycles. The fourth-order valence-corrected chi connectivity index (χ4v) is 7.77. The number of H-pyrrole nitrogens is 1. The predicted molar refractivity (Wildman–Crippen MR) is 159 cm³/mol. The number of methoxy groups -OCH3 is 1. The lowest BCUT2D eigenvalue weighted by Crippen LogP contribution is -2.54. The van der Waals surface area contributed by atoms with Gasteiger partial charge in [-0.05, 0) is 44.2 Å². The second-order valence-electron chi connectivity index (χ2n) is 11.5. The van der Waals surface area contributed by atoms with Crippen LogP contribution in [-0.4, -0.2) is 84.4 Å². The molecular formula is C29H28F2N10O4S. The minimum Gasteiger partial charge on any atom is -0.494 e. The number of nitrogens with two attached hydrogens (primary N) is 1. The van der Waals surface area contributed by atoms with Crippen molar-refractivity contribution in [3.8, 4) is 28.3 Å². The Hall–Kier alpha value is -5.06. The molecule has 2 saturated heterocycles. The third-order valence-electron chi connectivity index (χ3n) is 8.72. The average Bonchev–Trinajstić information content (AvgIpc) is 3.72. The molecule has 3 atom stereocenters. The summed E-state index contributed by atoms with van der Waals surface area (Å²) >= 11 is 0.